The lowest BCUT2D eigenvalue weighted by atomic mass is 10.1. The van der Waals surface area contributed by atoms with E-state index < -0.39 is 5.60 Å². The van der Waals surface area contributed by atoms with Crippen molar-refractivity contribution >= 4 is 0 Å². The van der Waals surface area contributed by atoms with Crippen LogP contribution >= 0.6 is 0 Å². The molecule has 0 unspecified atom stereocenters. The molecule has 0 atom stereocenters. The van der Waals surface area contributed by atoms with Gasteiger partial charge in [-0.15, -0.1) is 10.2 Å². The van der Waals surface area contributed by atoms with Crippen molar-refractivity contribution in [2.45, 2.75) is 19.4 Å². The minimum atomic E-state index is -1.15. The van der Waals surface area contributed by atoms with Gasteiger partial charge in [-0.2, -0.15) is 0 Å². The largest absolute Gasteiger partial charge is 0.496 e. The zero-order chi connectivity index (χ0) is 12.5. The van der Waals surface area contributed by atoms with Crippen LogP contribution in [0.15, 0.2) is 28.7 Å². The molecule has 0 saturated heterocycles. The van der Waals surface area contributed by atoms with Crippen molar-refractivity contribution in [2.24, 2.45) is 0 Å². The van der Waals surface area contributed by atoms with Gasteiger partial charge < -0.3 is 14.3 Å². The number of nitrogens with zero attached hydrogens (tertiary/aromatic N) is 2. The summed E-state index contributed by atoms with van der Waals surface area (Å²) in [6.07, 6.45) is 0. The Balaban J connectivity index is 2.44. The molecule has 0 spiro atoms. The van der Waals surface area contributed by atoms with Crippen LogP contribution in [0, 0.1) is 0 Å². The van der Waals surface area contributed by atoms with Crippen molar-refractivity contribution in [3.8, 4) is 17.2 Å². The Morgan fingerprint density at radius 3 is 2.53 bits per heavy atom. The van der Waals surface area contributed by atoms with E-state index in [-0.39, 0.29) is 5.89 Å². The minimum absolute atomic E-state index is 0.179. The first kappa shape index (κ1) is 11.6. The highest BCUT2D eigenvalue weighted by atomic mass is 16.5. The highest BCUT2D eigenvalue weighted by molar-refractivity contribution is 5.62. The van der Waals surface area contributed by atoms with Crippen LogP contribution in [-0.4, -0.2) is 22.4 Å². The second-order valence-electron chi connectivity index (χ2n) is 4.17. The molecular formula is C12H14N2O3. The topological polar surface area (TPSA) is 68.4 Å². The van der Waals surface area contributed by atoms with Crippen LogP contribution in [0.3, 0.4) is 0 Å². The Labute approximate surface area is 99.1 Å². The molecule has 1 aromatic heterocycles. The molecule has 2 aromatic rings. The van der Waals surface area contributed by atoms with Gasteiger partial charge in [0.2, 0.25) is 5.89 Å². The summed E-state index contributed by atoms with van der Waals surface area (Å²) < 4.78 is 10.6. The molecule has 5 heteroatoms. The minimum Gasteiger partial charge on any atom is -0.496 e. The SMILES string of the molecule is COc1ccccc1-c1nnc(C(C)(C)O)o1. The highest BCUT2D eigenvalue weighted by Crippen LogP contribution is 2.30. The van der Waals surface area contributed by atoms with E-state index in [0.29, 0.717) is 17.2 Å². The molecule has 1 aromatic carbocycles. The zero-order valence-electron chi connectivity index (χ0n) is 9.97. The van der Waals surface area contributed by atoms with Crippen molar-refractivity contribution in [3.05, 3.63) is 30.2 Å². The Bertz CT molecular complexity index is 514. The summed E-state index contributed by atoms with van der Waals surface area (Å²) in [6.45, 7) is 3.18. The van der Waals surface area contributed by atoms with Gasteiger partial charge in [0.1, 0.15) is 11.4 Å². The van der Waals surface area contributed by atoms with E-state index in [1.54, 1.807) is 21.0 Å². The van der Waals surface area contributed by atoms with Gasteiger partial charge in [-0.1, -0.05) is 12.1 Å². The van der Waals surface area contributed by atoms with Crippen LogP contribution < -0.4 is 4.74 Å². The third-order valence-electron chi connectivity index (χ3n) is 2.29. The fraction of sp³-hybridized carbons (Fsp3) is 0.333. The van der Waals surface area contributed by atoms with Crippen molar-refractivity contribution in [1.82, 2.24) is 10.2 Å². The summed E-state index contributed by atoms with van der Waals surface area (Å²) >= 11 is 0. The van der Waals surface area contributed by atoms with Crippen LogP contribution in [-0.2, 0) is 5.60 Å². The Morgan fingerprint density at radius 2 is 1.94 bits per heavy atom. The molecule has 0 amide bonds. The summed E-state index contributed by atoms with van der Waals surface area (Å²) in [5, 5.41) is 17.5. The van der Waals surface area contributed by atoms with E-state index in [4.69, 9.17) is 9.15 Å². The predicted octanol–water partition coefficient (Wildman–Crippen LogP) is 1.97. The zero-order valence-corrected chi connectivity index (χ0v) is 9.97. The molecule has 5 nitrogen and oxygen atoms in total. The second-order valence-corrected chi connectivity index (χ2v) is 4.17. The van der Waals surface area contributed by atoms with E-state index in [2.05, 4.69) is 10.2 Å². The molecular weight excluding hydrogens is 220 g/mol. The van der Waals surface area contributed by atoms with Crippen molar-refractivity contribution in [1.29, 1.82) is 0 Å². The molecule has 1 heterocycles. The third kappa shape index (κ3) is 2.29. The smallest absolute Gasteiger partial charge is 0.251 e. The maximum Gasteiger partial charge on any atom is 0.251 e. The summed E-state index contributed by atoms with van der Waals surface area (Å²) in [4.78, 5) is 0. The van der Waals surface area contributed by atoms with Gasteiger partial charge in [-0.05, 0) is 26.0 Å². The van der Waals surface area contributed by atoms with Crippen LogP contribution in [0.5, 0.6) is 5.75 Å². The van der Waals surface area contributed by atoms with E-state index in [9.17, 15) is 5.11 Å². The Morgan fingerprint density at radius 1 is 1.24 bits per heavy atom. The molecule has 0 bridgehead atoms. The van der Waals surface area contributed by atoms with Crippen LogP contribution in [0.4, 0.5) is 0 Å². The van der Waals surface area contributed by atoms with E-state index in [1.165, 1.54) is 0 Å². The summed E-state index contributed by atoms with van der Waals surface area (Å²) in [6, 6.07) is 7.34. The van der Waals surface area contributed by atoms with E-state index in [1.807, 2.05) is 24.3 Å². The van der Waals surface area contributed by atoms with Crippen molar-refractivity contribution < 1.29 is 14.3 Å². The van der Waals surface area contributed by atoms with Crippen LogP contribution in [0.1, 0.15) is 19.7 Å². The van der Waals surface area contributed by atoms with Crippen molar-refractivity contribution in [3.63, 3.8) is 0 Å². The standard InChI is InChI=1S/C12H14N2O3/c1-12(2,15)11-14-13-10(17-11)8-6-4-5-7-9(8)16-3/h4-7,15H,1-3H3. The van der Waals surface area contributed by atoms with Gasteiger partial charge in [0.25, 0.3) is 5.89 Å². The monoisotopic (exact) mass is 234 g/mol. The molecule has 1 N–H and O–H groups in total. The van der Waals surface area contributed by atoms with Crippen LogP contribution in [0.2, 0.25) is 0 Å². The average molecular weight is 234 g/mol. The molecule has 2 rings (SSSR count). The molecule has 17 heavy (non-hydrogen) atoms. The lowest BCUT2D eigenvalue weighted by Crippen LogP contribution is -2.15. The fourth-order valence-electron chi connectivity index (χ4n) is 1.40. The normalized spacial score (nSPS) is 11.5. The van der Waals surface area contributed by atoms with Crippen molar-refractivity contribution in [2.75, 3.05) is 7.11 Å². The van der Waals surface area contributed by atoms with Gasteiger partial charge in [-0.25, -0.2) is 0 Å². The molecule has 0 saturated carbocycles. The van der Waals surface area contributed by atoms with Gasteiger partial charge in [0.05, 0.1) is 12.7 Å². The average Bonchev–Trinajstić information content (AvgIpc) is 2.77. The van der Waals surface area contributed by atoms with E-state index in [0.717, 1.165) is 0 Å². The summed E-state index contributed by atoms with van der Waals surface area (Å²) in [5.41, 5.74) is -0.439. The lowest BCUT2D eigenvalue weighted by molar-refractivity contribution is 0.0487. The first-order chi connectivity index (χ1) is 8.02. The molecule has 90 valence electrons. The van der Waals surface area contributed by atoms with Gasteiger partial charge >= 0.3 is 0 Å². The number of para-hydroxylation sites is 1. The maximum absolute atomic E-state index is 9.75. The fourth-order valence-corrected chi connectivity index (χ4v) is 1.40. The Hall–Kier alpha value is -1.88. The number of hydrogen-bond acceptors (Lipinski definition) is 5. The van der Waals surface area contributed by atoms with Gasteiger partial charge in [-0.3, -0.25) is 0 Å². The van der Waals surface area contributed by atoms with Gasteiger partial charge in [0.15, 0.2) is 0 Å². The van der Waals surface area contributed by atoms with Crippen LogP contribution in [0.25, 0.3) is 11.5 Å². The number of aromatic nitrogens is 2. The quantitative estimate of drug-likeness (QED) is 0.879. The molecule has 0 fully saturated rings. The summed E-state index contributed by atoms with van der Waals surface area (Å²) in [7, 11) is 1.58. The maximum atomic E-state index is 9.75. The predicted molar refractivity (Wildman–Crippen MR) is 61.5 cm³/mol. The second kappa shape index (κ2) is 4.18. The lowest BCUT2D eigenvalue weighted by Gasteiger charge is -2.10. The summed E-state index contributed by atoms with van der Waals surface area (Å²) in [5.74, 6) is 1.16. The number of ether oxygens (including phenoxy) is 1. The number of methoxy groups -OCH3 is 1. The molecule has 0 radical (unpaired) electrons. The number of aliphatic hydroxyl groups is 1. The first-order valence-corrected chi connectivity index (χ1v) is 5.22. The van der Waals surface area contributed by atoms with Gasteiger partial charge in [0, 0.05) is 0 Å². The Kier molecular flexibility index (Phi) is 2.85. The third-order valence-corrected chi connectivity index (χ3v) is 2.29. The highest BCUT2D eigenvalue weighted by Gasteiger charge is 2.24. The van der Waals surface area contributed by atoms with E-state index >= 15 is 0 Å². The molecule has 0 aliphatic heterocycles. The number of benzene rings is 1. The number of hydrogen-bond donors (Lipinski definition) is 1. The molecule has 0 aliphatic rings. The number of rotatable bonds is 3. The first-order valence-electron chi connectivity index (χ1n) is 5.22. The molecule has 0 aliphatic carbocycles.